The highest BCUT2D eigenvalue weighted by atomic mass is 32.1. The molecular formula is C26H28N8O3S. The van der Waals surface area contributed by atoms with Crippen molar-refractivity contribution in [2.75, 3.05) is 37.0 Å². The number of rotatable bonds is 7. The number of thiophene rings is 1. The maximum Gasteiger partial charge on any atom is 0.261 e. The third kappa shape index (κ3) is 4.62. The highest BCUT2D eigenvalue weighted by Gasteiger charge is 2.25. The van der Waals surface area contributed by atoms with Gasteiger partial charge in [0.2, 0.25) is 0 Å². The van der Waals surface area contributed by atoms with Crippen LogP contribution in [0, 0.1) is 0 Å². The van der Waals surface area contributed by atoms with Crippen molar-refractivity contribution in [2.45, 2.75) is 32.1 Å². The summed E-state index contributed by atoms with van der Waals surface area (Å²) in [6, 6.07) is 7.16. The minimum absolute atomic E-state index is 0.118. The maximum atomic E-state index is 13.4. The minimum atomic E-state index is -0.383. The van der Waals surface area contributed by atoms with Gasteiger partial charge in [-0.1, -0.05) is 0 Å². The van der Waals surface area contributed by atoms with Gasteiger partial charge in [-0.2, -0.15) is 0 Å². The van der Waals surface area contributed by atoms with Crippen LogP contribution < -0.4 is 15.8 Å². The largest absolute Gasteiger partial charge is 0.382 e. The van der Waals surface area contributed by atoms with Crippen LogP contribution in [0.15, 0.2) is 46.8 Å². The van der Waals surface area contributed by atoms with Crippen LogP contribution in [0.2, 0.25) is 0 Å². The van der Waals surface area contributed by atoms with Gasteiger partial charge in [0, 0.05) is 32.6 Å². The SMILES string of the molecule is COC[C@@H](Nc1c(-c2nc3ccc(N4C[C@@H](C)O[C@@H](C)C4)nc3[nH]2)c(=O)[nH]c2ccsc12)c1ncccn1. The van der Waals surface area contributed by atoms with Crippen molar-refractivity contribution in [1.29, 1.82) is 0 Å². The van der Waals surface area contributed by atoms with Gasteiger partial charge < -0.3 is 29.7 Å². The minimum Gasteiger partial charge on any atom is -0.382 e. The Morgan fingerprint density at radius 3 is 2.71 bits per heavy atom. The first-order valence-corrected chi connectivity index (χ1v) is 13.3. The van der Waals surface area contributed by atoms with Crippen LogP contribution >= 0.6 is 11.3 Å². The highest BCUT2D eigenvalue weighted by Crippen LogP contribution is 2.36. The van der Waals surface area contributed by atoms with E-state index in [4.69, 9.17) is 19.4 Å². The Morgan fingerprint density at radius 2 is 1.95 bits per heavy atom. The number of pyridine rings is 2. The van der Waals surface area contributed by atoms with E-state index < -0.39 is 0 Å². The van der Waals surface area contributed by atoms with Crippen molar-refractivity contribution in [3.05, 3.63) is 58.2 Å². The third-order valence-electron chi connectivity index (χ3n) is 6.48. The van der Waals surface area contributed by atoms with E-state index in [0.717, 1.165) is 29.1 Å². The van der Waals surface area contributed by atoms with E-state index in [2.05, 4.69) is 44.0 Å². The molecule has 6 heterocycles. The Hall–Kier alpha value is -3.87. The third-order valence-corrected chi connectivity index (χ3v) is 7.41. The molecule has 12 heteroatoms. The van der Waals surface area contributed by atoms with Crippen LogP contribution in [-0.2, 0) is 9.47 Å². The van der Waals surface area contributed by atoms with Gasteiger partial charge >= 0.3 is 0 Å². The average Bonchev–Trinajstić information content (AvgIpc) is 3.54. The molecular weight excluding hydrogens is 504 g/mol. The molecule has 5 aromatic heterocycles. The molecule has 1 aliphatic heterocycles. The summed E-state index contributed by atoms with van der Waals surface area (Å²) in [5.74, 6) is 1.84. The van der Waals surface area contributed by atoms with E-state index in [1.807, 2.05) is 23.6 Å². The quantitative estimate of drug-likeness (QED) is 0.287. The van der Waals surface area contributed by atoms with Crippen molar-refractivity contribution in [3.8, 4) is 11.4 Å². The number of aromatic nitrogens is 6. The lowest BCUT2D eigenvalue weighted by atomic mass is 10.1. The Balaban J connectivity index is 1.44. The molecule has 0 saturated carbocycles. The first-order valence-electron chi connectivity index (χ1n) is 12.4. The number of anilines is 2. The smallest absolute Gasteiger partial charge is 0.261 e. The van der Waals surface area contributed by atoms with Gasteiger partial charge in [0.1, 0.15) is 28.8 Å². The van der Waals surface area contributed by atoms with Gasteiger partial charge in [-0.3, -0.25) is 4.79 Å². The summed E-state index contributed by atoms with van der Waals surface area (Å²) in [5.41, 5.74) is 2.80. The van der Waals surface area contributed by atoms with Gasteiger partial charge in [-0.25, -0.2) is 19.9 Å². The first-order chi connectivity index (χ1) is 18.5. The second-order valence-electron chi connectivity index (χ2n) is 9.41. The number of imidazole rings is 1. The zero-order chi connectivity index (χ0) is 26.2. The van der Waals surface area contributed by atoms with Crippen LogP contribution in [0.4, 0.5) is 11.5 Å². The van der Waals surface area contributed by atoms with Gasteiger partial charge in [0.25, 0.3) is 5.56 Å². The maximum absolute atomic E-state index is 13.4. The number of hydrogen-bond acceptors (Lipinski definition) is 10. The summed E-state index contributed by atoms with van der Waals surface area (Å²) in [4.78, 5) is 40.3. The fraction of sp³-hybridized carbons (Fsp3) is 0.346. The monoisotopic (exact) mass is 532 g/mol. The number of H-pyrrole nitrogens is 2. The Labute approximate surface area is 222 Å². The summed E-state index contributed by atoms with van der Waals surface area (Å²) in [7, 11) is 1.62. The highest BCUT2D eigenvalue weighted by molar-refractivity contribution is 7.17. The number of nitrogens with one attached hydrogen (secondary N) is 3. The van der Waals surface area contributed by atoms with Crippen molar-refractivity contribution in [3.63, 3.8) is 0 Å². The van der Waals surface area contributed by atoms with Gasteiger partial charge in [-0.15, -0.1) is 11.3 Å². The van der Waals surface area contributed by atoms with Crippen LogP contribution in [-0.4, -0.2) is 68.9 Å². The molecule has 38 heavy (non-hydrogen) atoms. The summed E-state index contributed by atoms with van der Waals surface area (Å²) in [5, 5.41) is 5.43. The van der Waals surface area contributed by atoms with Crippen LogP contribution in [0.25, 0.3) is 32.8 Å². The number of aromatic amines is 2. The molecule has 0 unspecified atom stereocenters. The molecule has 1 saturated heterocycles. The predicted octanol–water partition coefficient (Wildman–Crippen LogP) is 3.73. The fourth-order valence-electron chi connectivity index (χ4n) is 4.93. The molecule has 11 nitrogen and oxygen atoms in total. The summed E-state index contributed by atoms with van der Waals surface area (Å²) >= 11 is 1.53. The Kier molecular flexibility index (Phi) is 6.52. The lowest BCUT2D eigenvalue weighted by molar-refractivity contribution is -0.00544. The molecule has 0 aromatic carbocycles. The van der Waals surface area contributed by atoms with Crippen molar-refractivity contribution in [1.82, 2.24) is 29.9 Å². The van der Waals surface area contributed by atoms with E-state index in [1.54, 1.807) is 25.6 Å². The molecule has 3 atom stereocenters. The van der Waals surface area contributed by atoms with Gasteiger partial charge in [0.15, 0.2) is 11.5 Å². The van der Waals surface area contributed by atoms with E-state index in [0.29, 0.717) is 40.7 Å². The molecule has 5 aromatic rings. The van der Waals surface area contributed by atoms with Gasteiger partial charge in [0.05, 0.1) is 34.7 Å². The predicted molar refractivity (Wildman–Crippen MR) is 148 cm³/mol. The molecule has 0 bridgehead atoms. The summed E-state index contributed by atoms with van der Waals surface area (Å²) in [6.45, 7) is 5.96. The second-order valence-corrected chi connectivity index (χ2v) is 10.3. The summed E-state index contributed by atoms with van der Waals surface area (Å²) in [6.07, 6.45) is 3.61. The van der Waals surface area contributed by atoms with Crippen LogP contribution in [0.1, 0.15) is 25.7 Å². The fourth-order valence-corrected chi connectivity index (χ4v) is 5.80. The number of morpholine rings is 1. The van der Waals surface area contributed by atoms with E-state index >= 15 is 0 Å². The zero-order valence-electron chi connectivity index (χ0n) is 21.3. The normalized spacial score (nSPS) is 18.8. The van der Waals surface area contributed by atoms with Crippen molar-refractivity contribution in [2.24, 2.45) is 0 Å². The number of fused-ring (bicyclic) bond motifs is 2. The van der Waals surface area contributed by atoms with Crippen LogP contribution in [0.5, 0.6) is 0 Å². The molecule has 0 spiro atoms. The molecule has 3 N–H and O–H groups in total. The standard InChI is InChI=1S/C26H28N8O3S/c1-14-11-34(12-15(2)37-14)19-6-5-17-24(32-19)33-25(30-17)20-21(22-16(7-10-38-22)31-26(20)35)29-18(13-36-3)23-27-8-4-9-28-23/h4-10,14-15,18H,11-13H2,1-3H3,(H2,29,31,35)(H,30,32,33)/t14-,15+,18-/m1/s1. The molecule has 1 aliphatic rings. The van der Waals surface area contributed by atoms with Crippen molar-refractivity contribution < 1.29 is 9.47 Å². The lowest BCUT2D eigenvalue weighted by Crippen LogP contribution is -2.45. The number of nitrogens with zero attached hydrogens (tertiary/aromatic N) is 5. The van der Waals surface area contributed by atoms with E-state index in [1.165, 1.54) is 11.3 Å². The first kappa shape index (κ1) is 24.5. The molecule has 6 rings (SSSR count). The number of methoxy groups -OCH3 is 1. The lowest BCUT2D eigenvalue weighted by Gasteiger charge is -2.36. The molecule has 0 aliphatic carbocycles. The molecule has 0 amide bonds. The zero-order valence-corrected chi connectivity index (χ0v) is 22.1. The molecule has 0 radical (unpaired) electrons. The number of ether oxygens (including phenoxy) is 2. The summed E-state index contributed by atoms with van der Waals surface area (Å²) < 4.78 is 12.2. The number of hydrogen-bond donors (Lipinski definition) is 3. The molecule has 196 valence electrons. The van der Waals surface area contributed by atoms with E-state index in [9.17, 15) is 4.79 Å². The van der Waals surface area contributed by atoms with Crippen molar-refractivity contribution >= 4 is 44.2 Å². The average molecular weight is 533 g/mol. The molecule has 1 fully saturated rings. The van der Waals surface area contributed by atoms with E-state index in [-0.39, 0.29) is 23.8 Å². The second kappa shape index (κ2) is 10.1. The van der Waals surface area contributed by atoms with Gasteiger partial charge in [-0.05, 0) is 43.5 Å². The Morgan fingerprint density at radius 1 is 1.16 bits per heavy atom. The Bertz CT molecular complexity index is 1620. The van der Waals surface area contributed by atoms with Crippen LogP contribution in [0.3, 0.4) is 0 Å². The topological polar surface area (TPSA) is 134 Å².